The van der Waals surface area contributed by atoms with Gasteiger partial charge in [-0.15, -0.1) is 0 Å². The first-order valence-corrected chi connectivity index (χ1v) is 7.68. The van der Waals surface area contributed by atoms with Gasteiger partial charge in [-0.2, -0.15) is 0 Å². The topological polar surface area (TPSA) is 21.3 Å². The van der Waals surface area contributed by atoms with Crippen LogP contribution in [0.3, 0.4) is 0 Å². The van der Waals surface area contributed by atoms with Crippen molar-refractivity contribution in [1.29, 1.82) is 0 Å². The number of ether oxygens (including phenoxy) is 1. The van der Waals surface area contributed by atoms with Crippen molar-refractivity contribution in [1.82, 2.24) is 0 Å². The first-order chi connectivity index (χ1) is 10.1. The molecule has 0 aliphatic rings. The van der Waals surface area contributed by atoms with Crippen LogP contribution in [0.2, 0.25) is 0 Å². The molecule has 0 atom stereocenters. The number of benzene rings is 2. The van der Waals surface area contributed by atoms with Crippen molar-refractivity contribution in [3.8, 4) is 5.75 Å². The van der Waals surface area contributed by atoms with Gasteiger partial charge in [0, 0.05) is 11.4 Å². The standard InChI is InChI=1S/C19H25NO/c1-5-16-8-6-7-15(4)19(16)20-17-9-11-18(12-10-17)21-13-14(2)3/h6-12,14,20H,5,13H2,1-4H3. The van der Waals surface area contributed by atoms with Crippen LogP contribution in [-0.2, 0) is 6.42 Å². The van der Waals surface area contributed by atoms with E-state index in [0.717, 1.165) is 24.5 Å². The van der Waals surface area contributed by atoms with E-state index in [9.17, 15) is 0 Å². The number of hydrogen-bond donors (Lipinski definition) is 1. The fraction of sp³-hybridized carbons (Fsp3) is 0.368. The van der Waals surface area contributed by atoms with Gasteiger partial charge in [-0.1, -0.05) is 39.0 Å². The fourth-order valence-electron chi connectivity index (χ4n) is 2.24. The molecule has 0 fully saturated rings. The van der Waals surface area contributed by atoms with Crippen LogP contribution < -0.4 is 10.1 Å². The SMILES string of the molecule is CCc1cccc(C)c1Nc1ccc(OCC(C)C)cc1. The van der Waals surface area contributed by atoms with Crippen molar-refractivity contribution >= 4 is 11.4 Å². The molecule has 0 aliphatic heterocycles. The molecule has 0 radical (unpaired) electrons. The molecule has 0 spiro atoms. The van der Waals surface area contributed by atoms with E-state index < -0.39 is 0 Å². The Bertz CT molecular complexity index is 573. The van der Waals surface area contributed by atoms with Gasteiger partial charge in [0.15, 0.2) is 0 Å². The Balaban J connectivity index is 2.10. The maximum atomic E-state index is 5.71. The van der Waals surface area contributed by atoms with Gasteiger partial charge in [0.1, 0.15) is 5.75 Å². The Morgan fingerprint density at radius 1 is 1.05 bits per heavy atom. The van der Waals surface area contributed by atoms with Gasteiger partial charge in [0.05, 0.1) is 6.61 Å². The number of rotatable bonds is 6. The first-order valence-electron chi connectivity index (χ1n) is 7.68. The molecule has 0 amide bonds. The van der Waals surface area contributed by atoms with Gasteiger partial charge in [-0.3, -0.25) is 0 Å². The third-order valence-corrected chi connectivity index (χ3v) is 3.45. The highest BCUT2D eigenvalue weighted by Crippen LogP contribution is 2.26. The summed E-state index contributed by atoms with van der Waals surface area (Å²) in [6.45, 7) is 9.38. The normalized spacial score (nSPS) is 10.7. The first kappa shape index (κ1) is 15.4. The van der Waals surface area contributed by atoms with Crippen molar-refractivity contribution in [2.45, 2.75) is 34.1 Å². The summed E-state index contributed by atoms with van der Waals surface area (Å²) in [6, 6.07) is 14.6. The maximum absolute atomic E-state index is 5.71. The minimum Gasteiger partial charge on any atom is -0.493 e. The minimum atomic E-state index is 0.543. The van der Waals surface area contributed by atoms with Crippen LogP contribution in [0.5, 0.6) is 5.75 Å². The fourth-order valence-corrected chi connectivity index (χ4v) is 2.24. The van der Waals surface area contributed by atoms with E-state index in [0.29, 0.717) is 5.92 Å². The Morgan fingerprint density at radius 3 is 2.38 bits per heavy atom. The van der Waals surface area contributed by atoms with Gasteiger partial charge < -0.3 is 10.1 Å². The van der Waals surface area contributed by atoms with E-state index in [1.807, 2.05) is 12.1 Å². The van der Waals surface area contributed by atoms with Crippen LogP contribution in [0.25, 0.3) is 0 Å². The second kappa shape index (κ2) is 7.16. The summed E-state index contributed by atoms with van der Waals surface area (Å²) in [5, 5.41) is 3.53. The molecule has 21 heavy (non-hydrogen) atoms. The largest absolute Gasteiger partial charge is 0.493 e. The lowest BCUT2D eigenvalue weighted by molar-refractivity contribution is 0.271. The van der Waals surface area contributed by atoms with Crippen molar-refractivity contribution in [3.05, 3.63) is 53.6 Å². The second-order valence-electron chi connectivity index (χ2n) is 5.82. The van der Waals surface area contributed by atoms with E-state index in [2.05, 4.69) is 63.3 Å². The molecule has 2 aromatic rings. The number of para-hydroxylation sites is 1. The summed E-state index contributed by atoms with van der Waals surface area (Å²) in [4.78, 5) is 0. The molecular weight excluding hydrogens is 258 g/mol. The summed E-state index contributed by atoms with van der Waals surface area (Å²) in [7, 11) is 0. The molecule has 0 saturated heterocycles. The highest BCUT2D eigenvalue weighted by atomic mass is 16.5. The molecule has 0 aliphatic carbocycles. The molecule has 2 rings (SSSR count). The van der Waals surface area contributed by atoms with Crippen molar-refractivity contribution in [2.24, 2.45) is 5.92 Å². The Labute approximate surface area is 128 Å². The summed E-state index contributed by atoms with van der Waals surface area (Å²) >= 11 is 0. The number of hydrogen-bond acceptors (Lipinski definition) is 2. The van der Waals surface area contributed by atoms with Crippen LogP contribution in [0.4, 0.5) is 11.4 Å². The lowest BCUT2D eigenvalue weighted by Crippen LogP contribution is -2.04. The predicted molar refractivity (Wildman–Crippen MR) is 90.6 cm³/mol. The smallest absolute Gasteiger partial charge is 0.119 e. The molecular formula is C19H25NO. The van der Waals surface area contributed by atoms with Crippen molar-refractivity contribution in [2.75, 3.05) is 11.9 Å². The molecule has 2 aromatic carbocycles. The van der Waals surface area contributed by atoms with Gasteiger partial charge in [0.25, 0.3) is 0 Å². The lowest BCUT2D eigenvalue weighted by Gasteiger charge is -2.15. The molecule has 0 unspecified atom stereocenters. The lowest BCUT2D eigenvalue weighted by atomic mass is 10.1. The van der Waals surface area contributed by atoms with Gasteiger partial charge >= 0.3 is 0 Å². The summed E-state index contributed by atoms with van der Waals surface area (Å²) in [5.41, 5.74) is 4.93. The van der Waals surface area contributed by atoms with E-state index in [-0.39, 0.29) is 0 Å². The molecule has 2 nitrogen and oxygen atoms in total. The molecule has 0 bridgehead atoms. The zero-order valence-electron chi connectivity index (χ0n) is 13.4. The van der Waals surface area contributed by atoms with Crippen molar-refractivity contribution in [3.63, 3.8) is 0 Å². The number of anilines is 2. The summed E-state index contributed by atoms with van der Waals surface area (Å²) in [6.07, 6.45) is 1.03. The zero-order chi connectivity index (χ0) is 15.2. The summed E-state index contributed by atoms with van der Waals surface area (Å²) < 4.78 is 5.71. The quantitative estimate of drug-likeness (QED) is 0.773. The Kier molecular flexibility index (Phi) is 5.26. The van der Waals surface area contributed by atoms with E-state index in [1.165, 1.54) is 16.8 Å². The average molecular weight is 283 g/mol. The maximum Gasteiger partial charge on any atom is 0.119 e. The van der Waals surface area contributed by atoms with Crippen molar-refractivity contribution < 1.29 is 4.74 Å². The second-order valence-corrected chi connectivity index (χ2v) is 5.82. The average Bonchev–Trinajstić information content (AvgIpc) is 2.48. The number of aryl methyl sites for hydroxylation is 2. The highest BCUT2D eigenvalue weighted by Gasteiger charge is 2.05. The monoisotopic (exact) mass is 283 g/mol. The van der Waals surface area contributed by atoms with Crippen LogP contribution in [0, 0.1) is 12.8 Å². The van der Waals surface area contributed by atoms with Crippen LogP contribution in [0.15, 0.2) is 42.5 Å². The summed E-state index contributed by atoms with van der Waals surface area (Å²) in [5.74, 6) is 1.47. The highest BCUT2D eigenvalue weighted by molar-refractivity contribution is 5.67. The Hall–Kier alpha value is -1.96. The molecule has 1 N–H and O–H groups in total. The van der Waals surface area contributed by atoms with E-state index in [4.69, 9.17) is 4.74 Å². The predicted octanol–water partition coefficient (Wildman–Crippen LogP) is 5.34. The van der Waals surface area contributed by atoms with Gasteiger partial charge in [-0.05, 0) is 54.7 Å². The van der Waals surface area contributed by atoms with E-state index in [1.54, 1.807) is 0 Å². The third kappa shape index (κ3) is 4.25. The van der Waals surface area contributed by atoms with Crippen LogP contribution in [-0.4, -0.2) is 6.61 Å². The van der Waals surface area contributed by atoms with Gasteiger partial charge in [-0.25, -0.2) is 0 Å². The Morgan fingerprint density at radius 2 is 1.76 bits per heavy atom. The molecule has 0 aromatic heterocycles. The van der Waals surface area contributed by atoms with Crippen LogP contribution in [0.1, 0.15) is 31.9 Å². The zero-order valence-corrected chi connectivity index (χ0v) is 13.4. The van der Waals surface area contributed by atoms with Gasteiger partial charge in [0.2, 0.25) is 0 Å². The van der Waals surface area contributed by atoms with E-state index >= 15 is 0 Å². The number of nitrogens with one attached hydrogen (secondary N) is 1. The molecule has 112 valence electrons. The molecule has 0 saturated carbocycles. The molecule has 0 heterocycles. The third-order valence-electron chi connectivity index (χ3n) is 3.45. The van der Waals surface area contributed by atoms with Crippen LogP contribution >= 0.6 is 0 Å². The molecule has 2 heteroatoms. The minimum absolute atomic E-state index is 0.543.